The smallest absolute Gasteiger partial charge is 0.265 e. The van der Waals surface area contributed by atoms with Gasteiger partial charge in [0.1, 0.15) is 4.60 Å². The molecule has 0 amide bonds. The third-order valence-electron chi connectivity index (χ3n) is 1.44. The lowest BCUT2D eigenvalue weighted by Gasteiger charge is -1.98. The van der Waals surface area contributed by atoms with Crippen molar-refractivity contribution in [2.24, 2.45) is 0 Å². The highest BCUT2D eigenvalue weighted by atomic mass is 79.9. The molecule has 1 N–H and O–H groups in total. The van der Waals surface area contributed by atoms with Gasteiger partial charge in [-0.2, -0.15) is 8.42 Å². The average molecular weight is 266 g/mol. The minimum absolute atomic E-state index is 0.268. The molecule has 0 saturated heterocycles. The van der Waals surface area contributed by atoms with Crippen molar-refractivity contribution in [2.45, 2.75) is 6.42 Å². The summed E-state index contributed by atoms with van der Waals surface area (Å²) >= 11 is 3.16. The molecule has 72 valence electrons. The SMILES string of the molecule is O=S(=O)(O)CCc1ccc(Br)nc1. The molecule has 1 aromatic heterocycles. The van der Waals surface area contributed by atoms with E-state index >= 15 is 0 Å². The molecule has 6 heteroatoms. The predicted molar refractivity (Wildman–Crippen MR) is 52.1 cm³/mol. The van der Waals surface area contributed by atoms with Crippen molar-refractivity contribution in [3.63, 3.8) is 0 Å². The van der Waals surface area contributed by atoms with Gasteiger partial charge in [-0.05, 0) is 34.0 Å². The summed E-state index contributed by atoms with van der Waals surface area (Å²) in [5.74, 6) is -0.268. The van der Waals surface area contributed by atoms with Gasteiger partial charge in [0, 0.05) is 6.20 Å². The van der Waals surface area contributed by atoms with Crippen LogP contribution in [0.2, 0.25) is 0 Å². The molecule has 0 aliphatic rings. The first-order chi connectivity index (χ1) is 5.97. The Labute approximate surface area is 84.9 Å². The van der Waals surface area contributed by atoms with Gasteiger partial charge >= 0.3 is 0 Å². The highest BCUT2D eigenvalue weighted by molar-refractivity contribution is 9.10. The number of nitrogens with zero attached hydrogens (tertiary/aromatic N) is 1. The summed E-state index contributed by atoms with van der Waals surface area (Å²) in [6, 6.07) is 3.47. The zero-order valence-electron chi connectivity index (χ0n) is 6.64. The fourth-order valence-electron chi connectivity index (χ4n) is 0.801. The van der Waals surface area contributed by atoms with Crippen molar-refractivity contribution in [1.82, 2.24) is 4.98 Å². The molecular formula is C7H8BrNO3S. The number of hydrogen-bond donors (Lipinski definition) is 1. The Morgan fingerprint density at radius 2 is 2.15 bits per heavy atom. The molecule has 0 fully saturated rings. The van der Waals surface area contributed by atoms with Crippen LogP contribution in [0.1, 0.15) is 5.56 Å². The summed E-state index contributed by atoms with van der Waals surface area (Å²) in [4.78, 5) is 3.92. The van der Waals surface area contributed by atoms with Crippen LogP contribution >= 0.6 is 15.9 Å². The first-order valence-corrected chi connectivity index (χ1v) is 5.93. The van der Waals surface area contributed by atoms with E-state index in [1.807, 2.05) is 0 Å². The second-order valence-corrected chi connectivity index (χ2v) is 4.91. The third kappa shape index (κ3) is 4.35. The molecule has 0 aliphatic heterocycles. The average Bonchev–Trinajstić information content (AvgIpc) is 2.02. The minimum Gasteiger partial charge on any atom is -0.286 e. The molecular weight excluding hydrogens is 258 g/mol. The molecule has 0 spiro atoms. The van der Waals surface area contributed by atoms with Gasteiger partial charge in [-0.25, -0.2) is 4.98 Å². The van der Waals surface area contributed by atoms with Crippen LogP contribution in [0.3, 0.4) is 0 Å². The largest absolute Gasteiger partial charge is 0.286 e. The second kappa shape index (κ2) is 4.17. The zero-order valence-corrected chi connectivity index (χ0v) is 9.05. The van der Waals surface area contributed by atoms with Crippen molar-refractivity contribution >= 4 is 26.0 Å². The van der Waals surface area contributed by atoms with Crippen molar-refractivity contribution in [2.75, 3.05) is 5.75 Å². The molecule has 0 bridgehead atoms. The number of aryl methyl sites for hydroxylation is 1. The lowest BCUT2D eigenvalue weighted by atomic mass is 10.2. The van der Waals surface area contributed by atoms with Crippen LogP contribution in [0.25, 0.3) is 0 Å². The molecule has 13 heavy (non-hydrogen) atoms. The molecule has 0 atom stereocenters. The van der Waals surface area contributed by atoms with E-state index in [1.165, 1.54) is 0 Å². The minimum atomic E-state index is -3.87. The summed E-state index contributed by atoms with van der Waals surface area (Å²) in [6.45, 7) is 0. The van der Waals surface area contributed by atoms with Gasteiger partial charge in [0.25, 0.3) is 10.1 Å². The van der Waals surface area contributed by atoms with Crippen LogP contribution in [0.15, 0.2) is 22.9 Å². The van der Waals surface area contributed by atoms with Crippen molar-refractivity contribution in [3.8, 4) is 0 Å². The second-order valence-electron chi connectivity index (χ2n) is 2.53. The lowest BCUT2D eigenvalue weighted by molar-refractivity contribution is 0.482. The molecule has 0 saturated carbocycles. The van der Waals surface area contributed by atoms with E-state index in [0.29, 0.717) is 4.60 Å². The molecule has 0 unspecified atom stereocenters. The molecule has 0 radical (unpaired) electrons. The summed E-state index contributed by atoms with van der Waals surface area (Å²) < 4.78 is 30.0. The van der Waals surface area contributed by atoms with Crippen LogP contribution in [0.5, 0.6) is 0 Å². The highest BCUT2D eigenvalue weighted by Crippen LogP contribution is 2.07. The van der Waals surface area contributed by atoms with Gasteiger partial charge in [0.05, 0.1) is 5.75 Å². The Bertz CT molecular complexity index is 373. The number of hydrogen-bond acceptors (Lipinski definition) is 3. The standard InChI is InChI=1S/C7H8BrNO3S/c8-7-2-1-6(5-9-7)3-4-13(10,11)12/h1-2,5H,3-4H2,(H,10,11,12). The van der Waals surface area contributed by atoms with Crippen molar-refractivity contribution in [3.05, 3.63) is 28.5 Å². The number of pyridine rings is 1. The van der Waals surface area contributed by atoms with E-state index in [-0.39, 0.29) is 12.2 Å². The van der Waals surface area contributed by atoms with Gasteiger partial charge in [-0.15, -0.1) is 0 Å². The summed E-state index contributed by atoms with van der Waals surface area (Å²) in [5, 5.41) is 0. The third-order valence-corrected chi connectivity index (χ3v) is 2.63. The fraction of sp³-hybridized carbons (Fsp3) is 0.286. The molecule has 1 rings (SSSR count). The van der Waals surface area contributed by atoms with E-state index in [0.717, 1.165) is 5.56 Å². The molecule has 0 aromatic carbocycles. The normalized spacial score (nSPS) is 11.5. The van der Waals surface area contributed by atoms with E-state index in [4.69, 9.17) is 4.55 Å². The first-order valence-electron chi connectivity index (χ1n) is 3.53. The van der Waals surface area contributed by atoms with E-state index in [9.17, 15) is 8.42 Å². The highest BCUT2D eigenvalue weighted by Gasteiger charge is 2.04. The topological polar surface area (TPSA) is 67.3 Å². The van der Waals surface area contributed by atoms with E-state index < -0.39 is 10.1 Å². The van der Waals surface area contributed by atoms with Crippen LogP contribution < -0.4 is 0 Å². The Morgan fingerprint density at radius 3 is 2.62 bits per heavy atom. The summed E-state index contributed by atoms with van der Waals surface area (Å²) in [7, 11) is -3.87. The van der Waals surface area contributed by atoms with Crippen LogP contribution in [0.4, 0.5) is 0 Å². The van der Waals surface area contributed by atoms with E-state index in [1.54, 1.807) is 18.3 Å². The van der Waals surface area contributed by atoms with Gasteiger partial charge in [-0.1, -0.05) is 6.07 Å². The fourth-order valence-corrected chi connectivity index (χ4v) is 1.53. The Hall–Kier alpha value is -0.460. The molecule has 1 aromatic rings. The van der Waals surface area contributed by atoms with Crippen molar-refractivity contribution < 1.29 is 13.0 Å². The Kier molecular flexibility index (Phi) is 3.40. The number of rotatable bonds is 3. The number of aromatic nitrogens is 1. The molecule has 4 nitrogen and oxygen atoms in total. The quantitative estimate of drug-likeness (QED) is 0.661. The molecule has 1 heterocycles. The van der Waals surface area contributed by atoms with Gasteiger partial charge in [0.2, 0.25) is 0 Å². The first kappa shape index (κ1) is 10.6. The Balaban J connectivity index is 2.61. The summed E-state index contributed by atoms with van der Waals surface area (Å²) in [6.07, 6.45) is 1.84. The maximum atomic E-state index is 10.4. The molecule has 0 aliphatic carbocycles. The lowest BCUT2D eigenvalue weighted by Crippen LogP contribution is -2.06. The number of halogens is 1. The maximum Gasteiger partial charge on any atom is 0.265 e. The predicted octanol–water partition coefficient (Wildman–Crippen LogP) is 1.27. The monoisotopic (exact) mass is 265 g/mol. The van der Waals surface area contributed by atoms with E-state index in [2.05, 4.69) is 20.9 Å². The Morgan fingerprint density at radius 1 is 1.46 bits per heavy atom. The van der Waals surface area contributed by atoms with Gasteiger partial charge < -0.3 is 0 Å². The zero-order chi connectivity index (χ0) is 9.90. The van der Waals surface area contributed by atoms with Crippen LogP contribution in [-0.4, -0.2) is 23.7 Å². The van der Waals surface area contributed by atoms with Crippen LogP contribution in [0, 0.1) is 0 Å². The maximum absolute atomic E-state index is 10.4. The van der Waals surface area contributed by atoms with Crippen LogP contribution in [-0.2, 0) is 16.5 Å². The van der Waals surface area contributed by atoms with Gasteiger partial charge in [-0.3, -0.25) is 4.55 Å². The van der Waals surface area contributed by atoms with Crippen molar-refractivity contribution in [1.29, 1.82) is 0 Å². The summed E-state index contributed by atoms with van der Waals surface area (Å²) in [5.41, 5.74) is 0.779. The van der Waals surface area contributed by atoms with Gasteiger partial charge in [0.15, 0.2) is 0 Å².